The minimum atomic E-state index is -0.611. The maximum absolute atomic E-state index is 12.0. The lowest BCUT2D eigenvalue weighted by molar-refractivity contribution is -0.384. The number of carbonyl (C=O) groups excluding carboxylic acids is 1. The van der Waals surface area contributed by atoms with E-state index in [4.69, 9.17) is 11.6 Å². The van der Waals surface area contributed by atoms with Crippen LogP contribution in [0.15, 0.2) is 54.6 Å². The maximum atomic E-state index is 12.0. The molecule has 0 unspecified atom stereocenters. The van der Waals surface area contributed by atoms with Crippen molar-refractivity contribution in [1.29, 1.82) is 0 Å². The van der Waals surface area contributed by atoms with Crippen molar-refractivity contribution in [2.75, 3.05) is 0 Å². The van der Waals surface area contributed by atoms with Crippen molar-refractivity contribution in [1.82, 2.24) is 0 Å². The van der Waals surface area contributed by atoms with Crippen molar-refractivity contribution in [3.05, 3.63) is 80.9 Å². The van der Waals surface area contributed by atoms with Crippen molar-refractivity contribution in [3.63, 3.8) is 0 Å². The smallest absolute Gasteiger partial charge is 0.288 e. The topological polar surface area (TPSA) is 60.2 Å². The van der Waals surface area contributed by atoms with Gasteiger partial charge in [-0.3, -0.25) is 14.9 Å². The van der Waals surface area contributed by atoms with Crippen molar-refractivity contribution >= 4 is 29.1 Å². The average Bonchev–Trinajstić information content (AvgIpc) is 2.46. The molecule has 0 bridgehead atoms. The van der Waals surface area contributed by atoms with Crippen LogP contribution < -0.4 is 0 Å². The van der Waals surface area contributed by atoms with Gasteiger partial charge in [0.2, 0.25) is 0 Å². The van der Waals surface area contributed by atoms with Crippen LogP contribution in [0.3, 0.4) is 0 Å². The zero-order valence-electron chi connectivity index (χ0n) is 10.3. The van der Waals surface area contributed by atoms with E-state index in [9.17, 15) is 14.9 Å². The van der Waals surface area contributed by atoms with E-state index in [0.29, 0.717) is 0 Å². The quantitative estimate of drug-likeness (QED) is 0.367. The number of hydrogen-bond acceptors (Lipinski definition) is 3. The van der Waals surface area contributed by atoms with E-state index in [1.54, 1.807) is 6.08 Å². The van der Waals surface area contributed by atoms with Crippen LogP contribution in [0.4, 0.5) is 5.69 Å². The van der Waals surface area contributed by atoms with E-state index in [1.165, 1.54) is 24.3 Å². The Morgan fingerprint density at radius 1 is 1.15 bits per heavy atom. The Hall–Kier alpha value is -2.46. The molecule has 100 valence electrons. The molecule has 0 spiro atoms. The number of nitro groups is 1. The molecule has 2 aromatic rings. The van der Waals surface area contributed by atoms with Crippen molar-refractivity contribution < 1.29 is 9.72 Å². The van der Waals surface area contributed by atoms with E-state index < -0.39 is 4.92 Å². The average molecular weight is 288 g/mol. The summed E-state index contributed by atoms with van der Waals surface area (Å²) in [5, 5.41) is 10.8. The first-order valence-electron chi connectivity index (χ1n) is 5.79. The van der Waals surface area contributed by atoms with Crippen LogP contribution >= 0.6 is 11.6 Å². The first-order valence-corrected chi connectivity index (χ1v) is 6.17. The first-order chi connectivity index (χ1) is 9.58. The summed E-state index contributed by atoms with van der Waals surface area (Å²) in [5.74, 6) is -0.311. The van der Waals surface area contributed by atoms with Gasteiger partial charge < -0.3 is 0 Å². The molecule has 0 fully saturated rings. The van der Waals surface area contributed by atoms with Gasteiger partial charge in [0.15, 0.2) is 5.78 Å². The largest absolute Gasteiger partial charge is 0.289 e. The summed E-state index contributed by atoms with van der Waals surface area (Å²) in [4.78, 5) is 22.1. The molecule has 0 atom stereocenters. The molecule has 0 aliphatic rings. The molecule has 20 heavy (non-hydrogen) atoms. The lowest BCUT2D eigenvalue weighted by Gasteiger charge is -1.98. The molecule has 0 saturated heterocycles. The number of nitro benzene ring substituents is 1. The highest BCUT2D eigenvalue weighted by Crippen LogP contribution is 2.25. The van der Waals surface area contributed by atoms with Crippen LogP contribution in [0, 0.1) is 10.1 Å². The Morgan fingerprint density at radius 3 is 2.50 bits per heavy atom. The molecule has 5 heteroatoms. The number of nitrogens with zero attached hydrogens (tertiary/aromatic N) is 1. The lowest BCUT2D eigenvalue weighted by Crippen LogP contribution is -1.97. The Balaban J connectivity index is 2.24. The van der Waals surface area contributed by atoms with Crippen molar-refractivity contribution in [2.45, 2.75) is 0 Å². The SMILES string of the molecule is O=C(/C=C/c1ccccc1)c1ccc(Cl)c([N+](=O)[O-])c1. The van der Waals surface area contributed by atoms with Gasteiger partial charge in [-0.2, -0.15) is 0 Å². The fourth-order valence-corrected chi connectivity index (χ4v) is 1.82. The standard InChI is InChI=1S/C15H10ClNO3/c16-13-8-7-12(10-14(13)17(19)20)15(18)9-6-11-4-2-1-3-5-11/h1-10H/b9-6+. The second kappa shape index (κ2) is 6.12. The van der Waals surface area contributed by atoms with Gasteiger partial charge in [0.05, 0.1) is 4.92 Å². The molecule has 0 heterocycles. The van der Waals surface area contributed by atoms with Gasteiger partial charge >= 0.3 is 0 Å². The summed E-state index contributed by atoms with van der Waals surface area (Å²) in [6.07, 6.45) is 3.03. The predicted octanol–water partition coefficient (Wildman–Crippen LogP) is 4.14. The molecule has 0 amide bonds. The van der Waals surface area contributed by atoms with Gasteiger partial charge in [0.1, 0.15) is 5.02 Å². The van der Waals surface area contributed by atoms with E-state index in [0.717, 1.165) is 5.56 Å². The lowest BCUT2D eigenvalue weighted by atomic mass is 10.1. The molecular weight excluding hydrogens is 278 g/mol. The fraction of sp³-hybridized carbons (Fsp3) is 0. The number of hydrogen-bond donors (Lipinski definition) is 0. The third kappa shape index (κ3) is 3.30. The third-order valence-electron chi connectivity index (χ3n) is 2.65. The Bertz CT molecular complexity index is 681. The third-order valence-corrected chi connectivity index (χ3v) is 2.97. The summed E-state index contributed by atoms with van der Waals surface area (Å²) >= 11 is 5.70. The fourth-order valence-electron chi connectivity index (χ4n) is 1.64. The van der Waals surface area contributed by atoms with E-state index >= 15 is 0 Å². The molecule has 0 radical (unpaired) electrons. The molecule has 0 saturated carbocycles. The predicted molar refractivity (Wildman–Crippen MR) is 77.9 cm³/mol. The Morgan fingerprint density at radius 2 is 1.85 bits per heavy atom. The number of rotatable bonds is 4. The van der Waals surface area contributed by atoms with Gasteiger partial charge in [-0.1, -0.05) is 48.0 Å². The molecule has 0 aliphatic carbocycles. The summed E-state index contributed by atoms with van der Waals surface area (Å²) in [7, 11) is 0. The minimum Gasteiger partial charge on any atom is -0.289 e. The second-order valence-electron chi connectivity index (χ2n) is 4.03. The van der Waals surface area contributed by atoms with E-state index in [2.05, 4.69) is 0 Å². The molecule has 0 aliphatic heterocycles. The van der Waals surface area contributed by atoms with Gasteiger partial charge in [0.25, 0.3) is 5.69 Å². The monoisotopic (exact) mass is 287 g/mol. The highest BCUT2D eigenvalue weighted by molar-refractivity contribution is 6.32. The number of carbonyl (C=O) groups is 1. The second-order valence-corrected chi connectivity index (χ2v) is 4.44. The summed E-state index contributed by atoms with van der Waals surface area (Å²) in [6, 6.07) is 13.3. The Kier molecular flexibility index (Phi) is 4.27. The van der Waals surface area contributed by atoms with Gasteiger partial charge in [-0.15, -0.1) is 0 Å². The van der Waals surface area contributed by atoms with Crippen LogP contribution in [0.1, 0.15) is 15.9 Å². The normalized spacial score (nSPS) is 10.7. The van der Waals surface area contributed by atoms with Gasteiger partial charge in [-0.25, -0.2) is 0 Å². The molecule has 0 aromatic heterocycles. The van der Waals surface area contributed by atoms with Crippen LogP contribution in [-0.2, 0) is 0 Å². The van der Waals surface area contributed by atoms with Crippen molar-refractivity contribution in [2.24, 2.45) is 0 Å². The van der Waals surface area contributed by atoms with Gasteiger partial charge in [-0.05, 0) is 23.8 Å². The van der Waals surface area contributed by atoms with Crippen LogP contribution in [-0.4, -0.2) is 10.7 Å². The first kappa shape index (κ1) is 14.0. The summed E-state index contributed by atoms with van der Waals surface area (Å²) < 4.78 is 0. The van der Waals surface area contributed by atoms with E-state index in [-0.39, 0.29) is 22.1 Å². The summed E-state index contributed by atoms with van der Waals surface area (Å²) in [5.41, 5.74) is 0.836. The van der Waals surface area contributed by atoms with Crippen LogP contribution in [0.5, 0.6) is 0 Å². The molecule has 0 N–H and O–H groups in total. The highest BCUT2D eigenvalue weighted by atomic mass is 35.5. The summed E-state index contributed by atoms with van der Waals surface area (Å²) in [6.45, 7) is 0. The van der Waals surface area contributed by atoms with E-state index in [1.807, 2.05) is 30.3 Å². The van der Waals surface area contributed by atoms with Gasteiger partial charge in [0, 0.05) is 11.6 Å². The Labute approximate surface area is 120 Å². The molecule has 2 aromatic carbocycles. The van der Waals surface area contributed by atoms with Crippen LogP contribution in [0.2, 0.25) is 5.02 Å². The van der Waals surface area contributed by atoms with Crippen LogP contribution in [0.25, 0.3) is 6.08 Å². The zero-order chi connectivity index (χ0) is 14.5. The maximum Gasteiger partial charge on any atom is 0.288 e. The molecule has 2 rings (SSSR count). The zero-order valence-corrected chi connectivity index (χ0v) is 11.1. The highest BCUT2D eigenvalue weighted by Gasteiger charge is 2.14. The number of benzene rings is 2. The number of allylic oxidation sites excluding steroid dienone is 1. The van der Waals surface area contributed by atoms with Crippen molar-refractivity contribution in [3.8, 4) is 0 Å². The number of halogens is 1. The number of ketones is 1. The minimum absolute atomic E-state index is 0.0126. The molecular formula is C15H10ClNO3. The molecule has 4 nitrogen and oxygen atoms in total.